The van der Waals surface area contributed by atoms with Gasteiger partial charge in [-0.1, -0.05) is 30.3 Å². The molecule has 0 saturated carbocycles. The molecule has 1 amide bonds. The average molecular weight is 870 g/mol. The number of carbonyl (C=O) groups is 2. The van der Waals surface area contributed by atoms with Gasteiger partial charge in [0.1, 0.15) is 98.1 Å². The maximum atomic E-state index is 12.5. The van der Waals surface area contributed by atoms with Gasteiger partial charge in [-0.2, -0.15) is 0 Å². The molecule has 19 atom stereocenters. The molecule has 3 heterocycles. The topological polar surface area (TPSA) is 363 Å². The molecule has 23 heteroatoms. The Bertz CT molecular complexity index is 1450. The second kappa shape index (κ2) is 23.2. The minimum atomic E-state index is -2.15. The molecule has 1 aromatic carbocycles. The van der Waals surface area contributed by atoms with E-state index < -0.39 is 167 Å². The van der Waals surface area contributed by atoms with Crippen molar-refractivity contribution in [2.24, 2.45) is 0 Å². The van der Waals surface area contributed by atoms with Crippen molar-refractivity contribution in [1.82, 2.24) is 5.32 Å². The third-order valence-corrected chi connectivity index (χ3v) is 10.1. The van der Waals surface area contributed by atoms with Crippen LogP contribution in [0.2, 0.25) is 0 Å². The lowest BCUT2D eigenvalue weighted by atomic mass is 9.94. The highest BCUT2D eigenvalue weighted by molar-refractivity contribution is 5.73. The van der Waals surface area contributed by atoms with E-state index in [0.717, 1.165) is 6.92 Å². The predicted octanol–water partition coefficient (Wildman–Crippen LogP) is -6.40. The van der Waals surface area contributed by atoms with Crippen LogP contribution in [-0.2, 0) is 54.1 Å². The fraction of sp³-hybridized carbons (Fsp3) is 0.784. The number of hydrogen-bond acceptors (Lipinski definition) is 22. The van der Waals surface area contributed by atoms with Gasteiger partial charge in [-0.15, -0.1) is 0 Å². The Morgan fingerprint density at radius 2 is 1.23 bits per heavy atom. The lowest BCUT2D eigenvalue weighted by molar-refractivity contribution is -0.374. The molecule has 12 unspecified atom stereocenters. The lowest BCUT2D eigenvalue weighted by Crippen LogP contribution is -2.69. The first-order chi connectivity index (χ1) is 28.4. The van der Waals surface area contributed by atoms with Crippen molar-refractivity contribution in [1.29, 1.82) is 0 Å². The van der Waals surface area contributed by atoms with E-state index in [2.05, 4.69) is 5.32 Å². The quantitative estimate of drug-likeness (QED) is 0.0542. The highest BCUT2D eigenvalue weighted by Gasteiger charge is 2.55. The van der Waals surface area contributed by atoms with Crippen molar-refractivity contribution in [3.05, 3.63) is 35.9 Å². The van der Waals surface area contributed by atoms with Crippen LogP contribution in [-0.4, -0.2) is 222 Å². The van der Waals surface area contributed by atoms with Gasteiger partial charge in [0.15, 0.2) is 18.9 Å². The summed E-state index contributed by atoms with van der Waals surface area (Å²) in [5, 5.41) is 131. The molecule has 3 aliphatic rings. The van der Waals surface area contributed by atoms with E-state index in [1.807, 2.05) is 0 Å². The zero-order valence-corrected chi connectivity index (χ0v) is 33.1. The molecular weight excluding hydrogens is 810 g/mol. The minimum absolute atomic E-state index is 0.157. The van der Waals surface area contributed by atoms with Gasteiger partial charge in [0.25, 0.3) is 0 Å². The van der Waals surface area contributed by atoms with Crippen molar-refractivity contribution in [2.75, 3.05) is 26.4 Å². The summed E-state index contributed by atoms with van der Waals surface area (Å²) in [6.07, 6.45) is -33.6. The lowest BCUT2D eigenvalue weighted by Gasteiger charge is -2.49. The Hall–Kier alpha value is -2.60. The molecule has 0 bridgehead atoms. The number of nitrogens with one attached hydrogen (secondary N) is 1. The molecule has 0 radical (unpaired) electrons. The summed E-state index contributed by atoms with van der Waals surface area (Å²) in [4.78, 5) is 24.9. The van der Waals surface area contributed by atoms with Gasteiger partial charge < -0.3 is 104 Å². The molecule has 4 rings (SSSR count). The van der Waals surface area contributed by atoms with Gasteiger partial charge in [0, 0.05) is 6.92 Å². The summed E-state index contributed by atoms with van der Waals surface area (Å²) in [6, 6.07) is 6.89. The molecule has 344 valence electrons. The van der Waals surface area contributed by atoms with E-state index in [-0.39, 0.29) is 6.61 Å². The number of aliphatic hydroxyl groups excluding tert-OH is 12. The summed E-state index contributed by atoms with van der Waals surface area (Å²) in [5.41, 5.74) is 0.633. The standard InChI is InChI=1S/C37H59NO22/c1-15(2)54-33-26(48)20(11-40)56-37(29(33)51)59-32-22(13-42)57-35(24(28(32)50)38-16(3)43)60-34-27(49)21(12-41)55-36(30(34)52)58-31(19(45)10-39)25(47)18(44)9-23(46)53-14-17-7-5-4-6-8-17/h4-8,15,18-22,24-37,39-42,44-45,47-52H,9-14H2,1-3H3,(H,38,43)/t18?,19?,20?,21?,22?,24?,25?,26-,27-,28?,29?,30?,31+,32+,33?,34?,35-,36-,37-/m0/s1. The highest BCUT2D eigenvalue weighted by Crippen LogP contribution is 2.34. The van der Waals surface area contributed by atoms with Crippen molar-refractivity contribution < 1.29 is 109 Å². The van der Waals surface area contributed by atoms with Crippen LogP contribution in [0.25, 0.3) is 0 Å². The van der Waals surface area contributed by atoms with Crippen LogP contribution in [0.3, 0.4) is 0 Å². The van der Waals surface area contributed by atoms with Crippen LogP contribution in [0.15, 0.2) is 30.3 Å². The first-order valence-corrected chi connectivity index (χ1v) is 19.4. The number of rotatable bonds is 20. The Kier molecular flexibility index (Phi) is 19.3. The SMILES string of the molecule is CC(=O)NC1C(O)[C@H](O[C@@H]2OC(CO)[C@H](O)C(OC(C)C)C2O)C(CO)O[C@H]1OC1C(O)[C@H](O[C@H](C(O)CO)C(O)C(O)CC(=O)OCc2ccccc2)OC(CO)[C@@H]1O. The van der Waals surface area contributed by atoms with E-state index >= 15 is 0 Å². The first kappa shape index (κ1) is 50.0. The van der Waals surface area contributed by atoms with Crippen LogP contribution in [0.4, 0.5) is 0 Å². The third-order valence-electron chi connectivity index (χ3n) is 10.1. The number of ether oxygens (including phenoxy) is 8. The van der Waals surface area contributed by atoms with Gasteiger partial charge in [0.2, 0.25) is 5.91 Å². The van der Waals surface area contributed by atoms with Crippen molar-refractivity contribution in [2.45, 2.75) is 156 Å². The zero-order chi connectivity index (χ0) is 44.4. The molecule has 60 heavy (non-hydrogen) atoms. The maximum absolute atomic E-state index is 12.5. The molecule has 0 spiro atoms. The van der Waals surface area contributed by atoms with Crippen molar-refractivity contribution in [3.63, 3.8) is 0 Å². The fourth-order valence-electron chi connectivity index (χ4n) is 6.98. The zero-order valence-electron chi connectivity index (χ0n) is 33.1. The number of benzene rings is 1. The van der Waals surface area contributed by atoms with Crippen LogP contribution < -0.4 is 5.32 Å². The second-order valence-corrected chi connectivity index (χ2v) is 15.0. The number of carbonyl (C=O) groups excluding carboxylic acids is 2. The van der Waals surface area contributed by atoms with Crippen LogP contribution in [0.1, 0.15) is 32.8 Å². The summed E-state index contributed by atoms with van der Waals surface area (Å²) in [6.45, 7) is 0.478. The number of aliphatic hydroxyl groups is 12. The molecule has 3 saturated heterocycles. The largest absolute Gasteiger partial charge is 0.461 e. The minimum Gasteiger partial charge on any atom is -0.461 e. The molecule has 0 aromatic heterocycles. The molecule has 0 aliphatic carbocycles. The molecule has 3 fully saturated rings. The van der Waals surface area contributed by atoms with Gasteiger partial charge >= 0.3 is 5.97 Å². The first-order valence-electron chi connectivity index (χ1n) is 19.4. The maximum Gasteiger partial charge on any atom is 0.308 e. The second-order valence-electron chi connectivity index (χ2n) is 15.0. The summed E-state index contributed by atoms with van der Waals surface area (Å²) in [7, 11) is 0. The fourth-order valence-corrected chi connectivity index (χ4v) is 6.98. The molecular formula is C37H59NO22. The van der Waals surface area contributed by atoms with E-state index in [0.29, 0.717) is 5.56 Å². The van der Waals surface area contributed by atoms with Crippen molar-refractivity contribution >= 4 is 11.9 Å². The normalized spacial score (nSPS) is 36.9. The molecule has 23 nitrogen and oxygen atoms in total. The van der Waals surface area contributed by atoms with Gasteiger partial charge in [-0.3, -0.25) is 9.59 Å². The molecule has 3 aliphatic heterocycles. The Balaban J connectivity index is 1.52. The van der Waals surface area contributed by atoms with Crippen molar-refractivity contribution in [3.8, 4) is 0 Å². The smallest absolute Gasteiger partial charge is 0.308 e. The van der Waals surface area contributed by atoms with Crippen LogP contribution in [0, 0.1) is 0 Å². The van der Waals surface area contributed by atoms with E-state index in [1.165, 1.54) is 0 Å². The van der Waals surface area contributed by atoms with E-state index in [1.54, 1.807) is 44.2 Å². The molecule has 1 aromatic rings. The Labute approximate surface area is 344 Å². The predicted molar refractivity (Wildman–Crippen MR) is 195 cm³/mol. The Morgan fingerprint density at radius 1 is 0.683 bits per heavy atom. The summed E-state index contributed by atoms with van der Waals surface area (Å²) < 4.78 is 45.1. The Morgan fingerprint density at radius 3 is 1.80 bits per heavy atom. The van der Waals surface area contributed by atoms with Crippen LogP contribution in [0.5, 0.6) is 0 Å². The number of hydrogen-bond donors (Lipinski definition) is 13. The molecule has 13 N–H and O–H groups in total. The number of amides is 1. The summed E-state index contributed by atoms with van der Waals surface area (Å²) in [5.74, 6) is -1.72. The highest BCUT2D eigenvalue weighted by atomic mass is 16.8. The van der Waals surface area contributed by atoms with Gasteiger partial charge in [0.05, 0.1) is 45.1 Å². The summed E-state index contributed by atoms with van der Waals surface area (Å²) >= 11 is 0. The van der Waals surface area contributed by atoms with E-state index in [9.17, 15) is 70.9 Å². The number of esters is 1. The van der Waals surface area contributed by atoms with E-state index in [4.69, 9.17) is 37.9 Å². The van der Waals surface area contributed by atoms with Gasteiger partial charge in [-0.05, 0) is 19.4 Å². The third kappa shape index (κ3) is 12.5. The average Bonchev–Trinajstić information content (AvgIpc) is 3.22. The van der Waals surface area contributed by atoms with Crippen LogP contribution >= 0.6 is 0 Å². The monoisotopic (exact) mass is 869 g/mol. The van der Waals surface area contributed by atoms with Gasteiger partial charge in [-0.25, -0.2) is 0 Å².